The third kappa shape index (κ3) is 3.53. The maximum atomic E-state index is 12.1. The quantitative estimate of drug-likeness (QED) is 0.671. The molecule has 1 fully saturated rings. The first-order valence-corrected chi connectivity index (χ1v) is 6.79. The Kier molecular flexibility index (Phi) is 5.75. The van der Waals surface area contributed by atoms with E-state index in [0.717, 1.165) is 26.1 Å². The van der Waals surface area contributed by atoms with Gasteiger partial charge in [0.05, 0.1) is 12.5 Å². The molecule has 5 nitrogen and oxygen atoms in total. The van der Waals surface area contributed by atoms with Gasteiger partial charge in [0.15, 0.2) is 0 Å². The monoisotopic (exact) mass is 255 g/mol. The van der Waals surface area contributed by atoms with E-state index in [1.807, 2.05) is 20.9 Å². The number of hydrogen-bond acceptors (Lipinski definition) is 4. The Bertz CT molecular complexity index is 307. The van der Waals surface area contributed by atoms with E-state index in [1.165, 1.54) is 4.90 Å². The van der Waals surface area contributed by atoms with Crippen molar-refractivity contribution < 1.29 is 9.59 Å². The predicted octanol–water partition coefficient (Wildman–Crippen LogP) is 0.454. The Morgan fingerprint density at radius 3 is 2.67 bits per heavy atom. The van der Waals surface area contributed by atoms with Crippen molar-refractivity contribution >= 4 is 11.8 Å². The average molecular weight is 255 g/mol. The van der Waals surface area contributed by atoms with Crippen molar-refractivity contribution in [1.82, 2.24) is 15.1 Å². The number of nitrogens with zero attached hydrogens (tertiary/aromatic N) is 2. The minimum Gasteiger partial charge on any atom is -0.305 e. The molecule has 0 aromatic heterocycles. The van der Waals surface area contributed by atoms with Crippen molar-refractivity contribution in [2.45, 2.75) is 45.7 Å². The molecule has 5 heteroatoms. The highest BCUT2D eigenvalue weighted by molar-refractivity contribution is 6.05. The van der Waals surface area contributed by atoms with Gasteiger partial charge in [-0.15, -0.1) is 0 Å². The van der Waals surface area contributed by atoms with E-state index >= 15 is 0 Å². The van der Waals surface area contributed by atoms with E-state index in [2.05, 4.69) is 17.1 Å². The van der Waals surface area contributed by atoms with Gasteiger partial charge in [0.25, 0.3) is 0 Å². The number of likely N-dealkylation sites (N-methyl/N-ethyl adjacent to an activating group) is 1. The van der Waals surface area contributed by atoms with Crippen molar-refractivity contribution in [3.8, 4) is 0 Å². The highest BCUT2D eigenvalue weighted by Crippen LogP contribution is 2.17. The minimum atomic E-state index is -0.322. The van der Waals surface area contributed by atoms with Crippen molar-refractivity contribution in [2.75, 3.05) is 26.7 Å². The van der Waals surface area contributed by atoms with Crippen LogP contribution in [0, 0.1) is 0 Å². The van der Waals surface area contributed by atoms with Crippen molar-refractivity contribution in [2.24, 2.45) is 0 Å². The minimum absolute atomic E-state index is 0.00937. The van der Waals surface area contributed by atoms with Gasteiger partial charge in [0, 0.05) is 19.1 Å². The lowest BCUT2D eigenvalue weighted by atomic mass is 10.2. The molecule has 2 amide bonds. The second-order valence-corrected chi connectivity index (χ2v) is 4.97. The fourth-order valence-electron chi connectivity index (χ4n) is 2.04. The zero-order valence-electron chi connectivity index (χ0n) is 11.9. The molecule has 0 saturated carbocycles. The number of imide groups is 1. The molecule has 18 heavy (non-hydrogen) atoms. The summed E-state index contributed by atoms with van der Waals surface area (Å²) in [5, 5.41) is 3.18. The van der Waals surface area contributed by atoms with E-state index in [0.29, 0.717) is 6.42 Å². The maximum absolute atomic E-state index is 12.1. The first kappa shape index (κ1) is 15.1. The van der Waals surface area contributed by atoms with Crippen LogP contribution in [0.1, 0.15) is 33.6 Å². The van der Waals surface area contributed by atoms with Crippen LogP contribution in [0.4, 0.5) is 0 Å². The van der Waals surface area contributed by atoms with Crippen LogP contribution >= 0.6 is 0 Å². The summed E-state index contributed by atoms with van der Waals surface area (Å²) in [4.78, 5) is 27.5. The first-order chi connectivity index (χ1) is 8.51. The van der Waals surface area contributed by atoms with Gasteiger partial charge in [0.2, 0.25) is 11.8 Å². The van der Waals surface area contributed by atoms with E-state index in [4.69, 9.17) is 0 Å². The molecule has 2 atom stereocenters. The summed E-state index contributed by atoms with van der Waals surface area (Å²) >= 11 is 0. The topological polar surface area (TPSA) is 52.7 Å². The van der Waals surface area contributed by atoms with Crippen LogP contribution in [-0.2, 0) is 9.59 Å². The molecule has 1 aliphatic rings. The summed E-state index contributed by atoms with van der Waals surface area (Å²) in [6.07, 6.45) is 1.11. The Balaban J connectivity index is 2.45. The lowest BCUT2D eigenvalue weighted by molar-refractivity contribution is -0.141. The van der Waals surface area contributed by atoms with Crippen molar-refractivity contribution in [3.05, 3.63) is 0 Å². The first-order valence-electron chi connectivity index (χ1n) is 6.79. The van der Waals surface area contributed by atoms with Gasteiger partial charge >= 0.3 is 0 Å². The van der Waals surface area contributed by atoms with Gasteiger partial charge in [-0.25, -0.2) is 0 Å². The van der Waals surface area contributed by atoms with Crippen LogP contribution in [0.15, 0.2) is 0 Å². The summed E-state index contributed by atoms with van der Waals surface area (Å²) in [6, 6.07) is -0.313. The normalized spacial score (nSPS) is 22.1. The second kappa shape index (κ2) is 6.85. The van der Waals surface area contributed by atoms with E-state index < -0.39 is 0 Å². The molecular formula is C13H25N3O2. The molecule has 0 radical (unpaired) electrons. The Morgan fingerprint density at radius 1 is 1.44 bits per heavy atom. The SMILES string of the molecule is CCC(C)N1C(=O)CC(NCCN(C)CC)C1=O. The molecule has 0 aromatic rings. The third-order valence-corrected chi connectivity index (χ3v) is 3.64. The molecule has 104 valence electrons. The number of likely N-dealkylation sites (tertiary alicyclic amines) is 1. The number of hydrogen-bond donors (Lipinski definition) is 1. The van der Waals surface area contributed by atoms with Gasteiger partial charge in [-0.1, -0.05) is 13.8 Å². The molecule has 1 saturated heterocycles. The highest BCUT2D eigenvalue weighted by Gasteiger charge is 2.40. The molecule has 0 aromatic carbocycles. The molecular weight excluding hydrogens is 230 g/mol. The molecule has 0 bridgehead atoms. The van der Waals surface area contributed by atoms with Crippen LogP contribution in [-0.4, -0.2) is 60.4 Å². The smallest absolute Gasteiger partial charge is 0.247 e. The summed E-state index contributed by atoms with van der Waals surface area (Å²) in [6.45, 7) is 8.61. The summed E-state index contributed by atoms with van der Waals surface area (Å²) in [5.41, 5.74) is 0. The van der Waals surface area contributed by atoms with Gasteiger partial charge in [-0.2, -0.15) is 0 Å². The molecule has 1 heterocycles. The standard InChI is InChI=1S/C13H25N3O2/c1-5-10(3)16-12(17)9-11(13(16)18)14-7-8-15(4)6-2/h10-11,14H,5-9H2,1-4H3. The summed E-state index contributed by atoms with van der Waals surface area (Å²) in [7, 11) is 2.04. The molecule has 1 N–H and O–H groups in total. The molecule has 1 rings (SSSR count). The Labute approximate surface area is 110 Å². The van der Waals surface area contributed by atoms with E-state index in [-0.39, 0.29) is 23.9 Å². The molecule has 2 unspecified atom stereocenters. The van der Waals surface area contributed by atoms with Crippen molar-refractivity contribution in [3.63, 3.8) is 0 Å². The number of amides is 2. The zero-order valence-corrected chi connectivity index (χ0v) is 11.9. The summed E-state index contributed by atoms with van der Waals surface area (Å²) in [5.74, 6) is -0.107. The molecule has 0 aliphatic carbocycles. The lowest BCUT2D eigenvalue weighted by Crippen LogP contribution is -2.44. The number of carbonyl (C=O) groups is 2. The largest absolute Gasteiger partial charge is 0.305 e. The lowest BCUT2D eigenvalue weighted by Gasteiger charge is -2.22. The van der Waals surface area contributed by atoms with Gasteiger partial charge < -0.3 is 10.2 Å². The van der Waals surface area contributed by atoms with Crippen molar-refractivity contribution in [1.29, 1.82) is 0 Å². The van der Waals surface area contributed by atoms with E-state index in [9.17, 15) is 9.59 Å². The van der Waals surface area contributed by atoms with Crippen LogP contribution < -0.4 is 5.32 Å². The Morgan fingerprint density at radius 2 is 2.11 bits per heavy atom. The van der Waals surface area contributed by atoms with Crippen LogP contribution in [0.25, 0.3) is 0 Å². The number of carbonyl (C=O) groups excluding carboxylic acids is 2. The Hall–Kier alpha value is -0.940. The van der Waals surface area contributed by atoms with Gasteiger partial charge in [-0.05, 0) is 26.9 Å². The van der Waals surface area contributed by atoms with Crippen LogP contribution in [0.5, 0.6) is 0 Å². The van der Waals surface area contributed by atoms with Gasteiger partial charge in [-0.3, -0.25) is 14.5 Å². The highest BCUT2D eigenvalue weighted by atomic mass is 16.2. The van der Waals surface area contributed by atoms with Crippen LogP contribution in [0.3, 0.4) is 0 Å². The number of nitrogens with one attached hydrogen (secondary N) is 1. The predicted molar refractivity (Wildman–Crippen MR) is 71.2 cm³/mol. The number of rotatable bonds is 7. The molecule has 0 spiro atoms. The maximum Gasteiger partial charge on any atom is 0.247 e. The van der Waals surface area contributed by atoms with E-state index in [1.54, 1.807) is 0 Å². The fraction of sp³-hybridized carbons (Fsp3) is 0.846. The molecule has 1 aliphatic heterocycles. The zero-order chi connectivity index (χ0) is 13.7. The summed E-state index contributed by atoms with van der Waals surface area (Å²) < 4.78 is 0. The fourth-order valence-corrected chi connectivity index (χ4v) is 2.04. The average Bonchev–Trinajstić information content (AvgIpc) is 2.63. The third-order valence-electron chi connectivity index (χ3n) is 3.64. The second-order valence-electron chi connectivity index (χ2n) is 4.97. The van der Waals surface area contributed by atoms with Gasteiger partial charge in [0.1, 0.15) is 0 Å². The van der Waals surface area contributed by atoms with Crippen LogP contribution in [0.2, 0.25) is 0 Å².